The van der Waals surface area contributed by atoms with Crippen LogP contribution in [0.25, 0.3) is 0 Å². The monoisotopic (exact) mass is 366 g/mol. The third-order valence-electron chi connectivity index (χ3n) is 5.17. The van der Waals surface area contributed by atoms with Gasteiger partial charge in [0.25, 0.3) is 0 Å². The summed E-state index contributed by atoms with van der Waals surface area (Å²) in [6, 6.07) is 0.616. The molecule has 1 aliphatic rings. The number of hydrogen-bond donors (Lipinski definition) is 3. The zero-order chi connectivity index (χ0) is 19.5. The fraction of sp³-hybridized carbons (Fsp3) is 0.700. The SMILES string of the molecule is Cc1cnc(C[C@](O)(C(=O)O)[C@@H](N)CC(C)(C)F)cc1CCCC1CC1. The number of pyridine rings is 1. The van der Waals surface area contributed by atoms with E-state index in [-0.39, 0.29) is 12.8 Å². The zero-order valence-corrected chi connectivity index (χ0v) is 16.0. The number of rotatable bonds is 10. The van der Waals surface area contributed by atoms with Gasteiger partial charge in [0.1, 0.15) is 5.67 Å². The van der Waals surface area contributed by atoms with Gasteiger partial charge in [0.2, 0.25) is 0 Å². The van der Waals surface area contributed by atoms with Crippen LogP contribution in [0.3, 0.4) is 0 Å². The van der Waals surface area contributed by atoms with E-state index in [0.717, 1.165) is 29.9 Å². The maximum absolute atomic E-state index is 13.9. The highest BCUT2D eigenvalue weighted by Crippen LogP contribution is 2.34. The van der Waals surface area contributed by atoms with Crippen molar-refractivity contribution in [2.75, 3.05) is 0 Å². The third kappa shape index (κ3) is 5.74. The predicted molar refractivity (Wildman–Crippen MR) is 98.7 cm³/mol. The van der Waals surface area contributed by atoms with Crippen molar-refractivity contribution in [1.82, 2.24) is 4.98 Å². The van der Waals surface area contributed by atoms with Crippen LogP contribution >= 0.6 is 0 Å². The lowest BCUT2D eigenvalue weighted by molar-refractivity contribution is -0.161. The molecule has 1 saturated carbocycles. The molecule has 1 aromatic heterocycles. The van der Waals surface area contributed by atoms with Gasteiger partial charge in [-0.25, -0.2) is 9.18 Å². The second-order valence-electron chi connectivity index (χ2n) is 8.37. The molecule has 2 atom stereocenters. The lowest BCUT2D eigenvalue weighted by Gasteiger charge is -2.32. The molecule has 2 rings (SSSR count). The van der Waals surface area contributed by atoms with Gasteiger partial charge in [0.05, 0.1) is 0 Å². The minimum atomic E-state index is -2.25. The molecule has 0 aliphatic heterocycles. The van der Waals surface area contributed by atoms with E-state index in [4.69, 9.17) is 5.73 Å². The molecule has 1 aromatic rings. The Bertz CT molecular complexity index is 640. The molecule has 0 radical (unpaired) electrons. The third-order valence-corrected chi connectivity index (χ3v) is 5.17. The van der Waals surface area contributed by atoms with Crippen molar-refractivity contribution < 1.29 is 19.4 Å². The Morgan fingerprint density at radius 2 is 2.12 bits per heavy atom. The predicted octanol–water partition coefficient (Wildman–Crippen LogP) is 2.95. The molecule has 1 aliphatic carbocycles. The first kappa shape index (κ1) is 20.8. The van der Waals surface area contributed by atoms with Crippen LogP contribution in [0, 0.1) is 12.8 Å². The van der Waals surface area contributed by atoms with Crippen molar-refractivity contribution >= 4 is 5.97 Å². The van der Waals surface area contributed by atoms with Crippen molar-refractivity contribution in [3.8, 4) is 0 Å². The second-order valence-corrected chi connectivity index (χ2v) is 8.37. The molecule has 146 valence electrons. The van der Waals surface area contributed by atoms with Crippen LogP contribution in [0.4, 0.5) is 4.39 Å². The summed E-state index contributed by atoms with van der Waals surface area (Å²) in [7, 11) is 0. The van der Waals surface area contributed by atoms with Crippen molar-refractivity contribution in [1.29, 1.82) is 0 Å². The van der Waals surface area contributed by atoms with E-state index in [1.165, 1.54) is 33.1 Å². The van der Waals surface area contributed by atoms with Gasteiger partial charge in [0, 0.05) is 24.4 Å². The number of alkyl halides is 1. The van der Waals surface area contributed by atoms with Crippen LogP contribution in [0.15, 0.2) is 12.3 Å². The molecule has 0 unspecified atom stereocenters. The van der Waals surface area contributed by atoms with Crippen LogP contribution in [0.1, 0.15) is 62.8 Å². The van der Waals surface area contributed by atoms with E-state index in [9.17, 15) is 19.4 Å². The number of aliphatic hydroxyl groups is 1. The normalized spacial score (nSPS) is 18.4. The average molecular weight is 366 g/mol. The molecule has 1 fully saturated rings. The molecular weight excluding hydrogens is 335 g/mol. The summed E-state index contributed by atoms with van der Waals surface area (Å²) in [5.74, 6) is -0.581. The first-order chi connectivity index (χ1) is 12.0. The summed E-state index contributed by atoms with van der Waals surface area (Å²) in [5, 5.41) is 20.2. The zero-order valence-electron chi connectivity index (χ0n) is 16.0. The Kier molecular flexibility index (Phi) is 6.40. The van der Waals surface area contributed by atoms with Crippen LogP contribution < -0.4 is 5.73 Å². The lowest BCUT2D eigenvalue weighted by Crippen LogP contribution is -2.57. The van der Waals surface area contributed by atoms with Crippen LogP contribution in [-0.2, 0) is 17.6 Å². The van der Waals surface area contributed by atoms with E-state index >= 15 is 0 Å². The minimum absolute atomic E-state index is 0.241. The summed E-state index contributed by atoms with van der Waals surface area (Å²) in [6.07, 6.45) is 7.08. The molecule has 0 saturated heterocycles. The Balaban J connectivity index is 2.12. The Morgan fingerprint density at radius 3 is 2.65 bits per heavy atom. The molecule has 0 spiro atoms. The smallest absolute Gasteiger partial charge is 0.337 e. The largest absolute Gasteiger partial charge is 0.479 e. The molecule has 1 heterocycles. The molecule has 4 N–H and O–H groups in total. The lowest BCUT2D eigenvalue weighted by atomic mass is 9.83. The Morgan fingerprint density at radius 1 is 1.46 bits per heavy atom. The number of aromatic nitrogens is 1. The fourth-order valence-corrected chi connectivity index (χ4v) is 3.30. The summed E-state index contributed by atoms with van der Waals surface area (Å²) in [5.41, 5.74) is 4.59. The van der Waals surface area contributed by atoms with Crippen molar-refractivity contribution in [3.63, 3.8) is 0 Å². The van der Waals surface area contributed by atoms with E-state index in [1.54, 1.807) is 6.20 Å². The Labute approximate surface area is 154 Å². The fourth-order valence-electron chi connectivity index (χ4n) is 3.30. The van der Waals surface area contributed by atoms with E-state index < -0.39 is 23.3 Å². The summed E-state index contributed by atoms with van der Waals surface area (Å²) in [6.45, 7) is 4.61. The summed E-state index contributed by atoms with van der Waals surface area (Å²) >= 11 is 0. The second kappa shape index (κ2) is 8.01. The first-order valence-electron chi connectivity index (χ1n) is 9.36. The number of nitrogens with two attached hydrogens (primary N) is 1. The topological polar surface area (TPSA) is 96.4 Å². The highest BCUT2D eigenvalue weighted by atomic mass is 19.1. The average Bonchev–Trinajstić information content (AvgIpc) is 3.32. The number of carboxylic acids is 1. The first-order valence-corrected chi connectivity index (χ1v) is 9.36. The number of carbonyl (C=O) groups is 1. The summed E-state index contributed by atoms with van der Waals surface area (Å²) in [4.78, 5) is 15.9. The number of carboxylic acid groups (broad SMARTS) is 1. The molecular formula is C20H31FN2O3. The van der Waals surface area contributed by atoms with Crippen molar-refractivity contribution in [3.05, 3.63) is 29.1 Å². The number of hydrogen-bond acceptors (Lipinski definition) is 4. The number of aliphatic carboxylic acids is 1. The number of halogens is 1. The summed E-state index contributed by atoms with van der Waals surface area (Å²) < 4.78 is 13.9. The van der Waals surface area contributed by atoms with Gasteiger partial charge >= 0.3 is 5.97 Å². The van der Waals surface area contributed by atoms with E-state index in [1.807, 2.05) is 13.0 Å². The van der Waals surface area contributed by atoms with Crippen LogP contribution in [0.5, 0.6) is 0 Å². The quantitative estimate of drug-likeness (QED) is 0.592. The number of aryl methyl sites for hydroxylation is 2. The molecule has 0 bridgehead atoms. The maximum Gasteiger partial charge on any atom is 0.337 e. The van der Waals surface area contributed by atoms with E-state index in [0.29, 0.717) is 5.69 Å². The number of nitrogens with zero attached hydrogens (tertiary/aromatic N) is 1. The van der Waals surface area contributed by atoms with Crippen LogP contribution in [-0.4, -0.2) is 38.5 Å². The van der Waals surface area contributed by atoms with Gasteiger partial charge in [0.15, 0.2) is 5.60 Å². The molecule has 0 amide bonds. The van der Waals surface area contributed by atoms with Crippen molar-refractivity contribution in [2.24, 2.45) is 11.7 Å². The Hall–Kier alpha value is -1.53. The maximum atomic E-state index is 13.9. The molecule has 0 aromatic carbocycles. The van der Waals surface area contributed by atoms with Gasteiger partial charge in [-0.3, -0.25) is 4.98 Å². The molecule has 26 heavy (non-hydrogen) atoms. The van der Waals surface area contributed by atoms with Gasteiger partial charge < -0.3 is 15.9 Å². The van der Waals surface area contributed by atoms with Gasteiger partial charge in [-0.2, -0.15) is 0 Å². The van der Waals surface area contributed by atoms with Crippen LogP contribution in [0.2, 0.25) is 0 Å². The highest BCUT2D eigenvalue weighted by Gasteiger charge is 2.45. The van der Waals surface area contributed by atoms with E-state index in [2.05, 4.69) is 4.98 Å². The van der Waals surface area contributed by atoms with Gasteiger partial charge in [-0.05, 0) is 63.1 Å². The highest BCUT2D eigenvalue weighted by molar-refractivity contribution is 5.78. The molecule has 6 heteroatoms. The van der Waals surface area contributed by atoms with Gasteiger partial charge in [-0.15, -0.1) is 0 Å². The standard InChI is InChI=1S/C20H31FN2O3/c1-13-12-23-16(9-15(13)6-4-5-14-7-8-14)10-20(26,18(24)25)17(22)11-19(2,3)21/h9,12,14,17,26H,4-8,10-11,22H2,1-3H3,(H,24,25)/t17-,20+/m0/s1. The van der Waals surface area contributed by atoms with Gasteiger partial charge in [-0.1, -0.05) is 19.3 Å². The van der Waals surface area contributed by atoms with Crippen molar-refractivity contribution in [2.45, 2.75) is 83.0 Å². The molecule has 5 nitrogen and oxygen atoms in total. The minimum Gasteiger partial charge on any atom is -0.479 e.